The van der Waals surface area contributed by atoms with E-state index in [1.165, 1.54) is 12.8 Å². The van der Waals surface area contributed by atoms with Gasteiger partial charge in [0.05, 0.1) is 0 Å². The molecule has 0 aliphatic carbocycles. The number of allylic oxidation sites excluding steroid dienone is 2. The summed E-state index contributed by atoms with van der Waals surface area (Å²) in [6.45, 7) is 6.72. The van der Waals surface area contributed by atoms with Gasteiger partial charge in [0, 0.05) is 0 Å². The van der Waals surface area contributed by atoms with Gasteiger partial charge < -0.3 is 5.32 Å². The fourth-order valence-electron chi connectivity index (χ4n) is 1.48. The highest BCUT2D eigenvalue weighted by Gasteiger charge is 2.03. The fourth-order valence-corrected chi connectivity index (χ4v) is 1.48. The summed E-state index contributed by atoms with van der Waals surface area (Å²) in [4.78, 5) is 0. The molecule has 0 aromatic rings. The normalized spacial score (nSPS) is 20.2. The molecule has 0 saturated heterocycles. The highest BCUT2D eigenvalue weighted by Crippen LogP contribution is 2.15. The van der Waals surface area contributed by atoms with Gasteiger partial charge in [-0.05, 0) is 44.8 Å². The van der Waals surface area contributed by atoms with Gasteiger partial charge in [-0.2, -0.15) is 0 Å². The Morgan fingerprint density at radius 1 is 1.33 bits per heavy atom. The van der Waals surface area contributed by atoms with E-state index >= 15 is 0 Å². The van der Waals surface area contributed by atoms with Crippen molar-refractivity contribution in [3.63, 3.8) is 0 Å². The quantitative estimate of drug-likeness (QED) is 0.663. The number of hydrogen-bond donors (Lipinski definition) is 1. The molecule has 0 bridgehead atoms. The van der Waals surface area contributed by atoms with E-state index in [1.807, 2.05) is 0 Å². The van der Waals surface area contributed by atoms with Crippen molar-refractivity contribution >= 4 is 0 Å². The molecule has 1 heteroatoms. The average Bonchev–Trinajstić information content (AvgIpc) is 2.27. The zero-order valence-corrected chi connectivity index (χ0v) is 8.19. The Morgan fingerprint density at radius 2 is 2.08 bits per heavy atom. The van der Waals surface area contributed by atoms with Crippen molar-refractivity contribution in [3.8, 4) is 0 Å². The molecule has 1 rings (SSSR count). The minimum absolute atomic E-state index is 1.14. The Balaban J connectivity index is 2.61. The van der Waals surface area contributed by atoms with Crippen LogP contribution < -0.4 is 5.32 Å². The molecular formula is C11H19N. The van der Waals surface area contributed by atoms with Crippen LogP contribution in [0.25, 0.3) is 0 Å². The van der Waals surface area contributed by atoms with E-state index in [0.717, 1.165) is 19.5 Å². The largest absolute Gasteiger partial charge is 0.316 e. The topological polar surface area (TPSA) is 12.0 Å². The second kappa shape index (κ2) is 5.15. The summed E-state index contributed by atoms with van der Waals surface area (Å²) in [5.41, 5.74) is 3.10. The summed E-state index contributed by atoms with van der Waals surface area (Å²) in [5.74, 6) is 0. The Bertz CT molecular complexity index is 189. The van der Waals surface area contributed by atoms with Crippen LogP contribution in [0.3, 0.4) is 0 Å². The van der Waals surface area contributed by atoms with Gasteiger partial charge in [0.2, 0.25) is 0 Å². The molecule has 1 nitrogen and oxygen atoms in total. The first-order valence-electron chi connectivity index (χ1n) is 4.90. The Kier molecular flexibility index (Phi) is 4.09. The number of rotatable bonds is 2. The van der Waals surface area contributed by atoms with Crippen LogP contribution in [0.4, 0.5) is 0 Å². The van der Waals surface area contributed by atoms with Crippen molar-refractivity contribution in [1.82, 2.24) is 5.32 Å². The molecule has 0 unspecified atom stereocenters. The molecule has 1 aliphatic rings. The molecule has 0 aromatic heterocycles. The third-order valence-electron chi connectivity index (χ3n) is 2.35. The lowest BCUT2D eigenvalue weighted by Gasteiger charge is -2.01. The third kappa shape index (κ3) is 2.82. The van der Waals surface area contributed by atoms with Crippen LogP contribution in [0.1, 0.15) is 33.1 Å². The monoisotopic (exact) mass is 165 g/mol. The van der Waals surface area contributed by atoms with Gasteiger partial charge in [-0.15, -0.1) is 0 Å². The average molecular weight is 165 g/mol. The molecule has 0 aromatic carbocycles. The van der Waals surface area contributed by atoms with Crippen LogP contribution in [0.5, 0.6) is 0 Å². The van der Waals surface area contributed by atoms with Crippen LogP contribution in [-0.2, 0) is 0 Å². The van der Waals surface area contributed by atoms with E-state index in [2.05, 4.69) is 31.3 Å². The first kappa shape index (κ1) is 9.53. The molecule has 1 heterocycles. The molecule has 1 N–H and O–H groups in total. The Hall–Kier alpha value is -0.560. The highest BCUT2D eigenvalue weighted by molar-refractivity contribution is 5.25. The lowest BCUT2D eigenvalue weighted by atomic mass is 10.0. The first-order valence-corrected chi connectivity index (χ1v) is 4.90. The maximum atomic E-state index is 3.41. The predicted molar refractivity (Wildman–Crippen MR) is 54.2 cm³/mol. The number of nitrogens with one attached hydrogen (secondary N) is 1. The van der Waals surface area contributed by atoms with E-state index in [1.54, 1.807) is 11.1 Å². The third-order valence-corrected chi connectivity index (χ3v) is 2.35. The predicted octanol–water partition coefficient (Wildman–Crippen LogP) is 2.65. The Morgan fingerprint density at radius 3 is 2.83 bits per heavy atom. The summed E-state index contributed by atoms with van der Waals surface area (Å²) in [5, 5.41) is 3.41. The first-order chi connectivity index (χ1) is 5.84. The summed E-state index contributed by atoms with van der Waals surface area (Å²) in [6.07, 6.45) is 8.10. The van der Waals surface area contributed by atoms with E-state index in [0.29, 0.717) is 0 Å². The van der Waals surface area contributed by atoms with Gasteiger partial charge >= 0.3 is 0 Å². The molecule has 0 fully saturated rings. The standard InChI is InChI=1S/C11H19N/c1-3-4-5-11-7-9-12-8-6-10(11)2/h4-5,12H,3,6-9H2,1-2H3/b5-4-. The van der Waals surface area contributed by atoms with E-state index in [-0.39, 0.29) is 0 Å². The SMILES string of the molecule is CC/C=C\C1=C(C)CCNCC1. The van der Waals surface area contributed by atoms with Gasteiger partial charge in [0.25, 0.3) is 0 Å². The molecule has 0 spiro atoms. The maximum Gasteiger partial charge on any atom is -0.000824 e. The molecule has 68 valence electrons. The van der Waals surface area contributed by atoms with Crippen LogP contribution in [0.15, 0.2) is 23.3 Å². The van der Waals surface area contributed by atoms with Crippen LogP contribution in [0.2, 0.25) is 0 Å². The molecule has 0 saturated carbocycles. The minimum Gasteiger partial charge on any atom is -0.316 e. The van der Waals surface area contributed by atoms with E-state index in [9.17, 15) is 0 Å². The number of hydrogen-bond acceptors (Lipinski definition) is 1. The van der Waals surface area contributed by atoms with Crippen molar-refractivity contribution in [1.29, 1.82) is 0 Å². The Labute approximate surface area is 75.6 Å². The van der Waals surface area contributed by atoms with Gasteiger partial charge in [-0.1, -0.05) is 24.6 Å². The molecule has 0 amide bonds. The summed E-state index contributed by atoms with van der Waals surface area (Å²) >= 11 is 0. The van der Waals surface area contributed by atoms with Crippen molar-refractivity contribution in [2.45, 2.75) is 33.1 Å². The zero-order valence-electron chi connectivity index (χ0n) is 8.19. The van der Waals surface area contributed by atoms with E-state index < -0.39 is 0 Å². The smallest absolute Gasteiger partial charge is 0.000824 e. The second-order valence-electron chi connectivity index (χ2n) is 3.37. The van der Waals surface area contributed by atoms with E-state index in [4.69, 9.17) is 0 Å². The molecule has 0 radical (unpaired) electrons. The molecule has 12 heavy (non-hydrogen) atoms. The zero-order chi connectivity index (χ0) is 8.81. The van der Waals surface area contributed by atoms with Gasteiger partial charge in [0.15, 0.2) is 0 Å². The fraction of sp³-hybridized carbons (Fsp3) is 0.636. The van der Waals surface area contributed by atoms with Gasteiger partial charge in [-0.3, -0.25) is 0 Å². The van der Waals surface area contributed by atoms with Crippen molar-refractivity contribution in [2.24, 2.45) is 0 Å². The minimum atomic E-state index is 1.14. The van der Waals surface area contributed by atoms with Gasteiger partial charge in [-0.25, -0.2) is 0 Å². The summed E-state index contributed by atoms with van der Waals surface area (Å²) in [7, 11) is 0. The van der Waals surface area contributed by atoms with Crippen molar-refractivity contribution in [3.05, 3.63) is 23.3 Å². The molecule has 1 aliphatic heterocycles. The molecule has 0 atom stereocenters. The highest BCUT2D eigenvalue weighted by atomic mass is 14.8. The van der Waals surface area contributed by atoms with Crippen LogP contribution in [0, 0.1) is 0 Å². The van der Waals surface area contributed by atoms with Crippen molar-refractivity contribution < 1.29 is 0 Å². The van der Waals surface area contributed by atoms with Crippen LogP contribution in [-0.4, -0.2) is 13.1 Å². The van der Waals surface area contributed by atoms with Crippen LogP contribution >= 0.6 is 0 Å². The lowest BCUT2D eigenvalue weighted by Crippen LogP contribution is -2.14. The summed E-state index contributed by atoms with van der Waals surface area (Å²) in [6, 6.07) is 0. The summed E-state index contributed by atoms with van der Waals surface area (Å²) < 4.78 is 0. The van der Waals surface area contributed by atoms with Crippen molar-refractivity contribution in [2.75, 3.05) is 13.1 Å². The second-order valence-corrected chi connectivity index (χ2v) is 3.37. The molecular weight excluding hydrogens is 146 g/mol. The lowest BCUT2D eigenvalue weighted by molar-refractivity contribution is 0.708. The maximum absolute atomic E-state index is 3.41. The van der Waals surface area contributed by atoms with Gasteiger partial charge in [0.1, 0.15) is 0 Å².